The quantitative estimate of drug-likeness (QED) is 0.604. The average Bonchev–Trinajstić information content (AvgIpc) is 3.19. The Bertz CT molecular complexity index is 636. The van der Waals surface area contributed by atoms with Crippen LogP contribution in [0.5, 0.6) is 0 Å². The number of methoxy groups -OCH3 is 2. The van der Waals surface area contributed by atoms with Gasteiger partial charge in [0.2, 0.25) is 0 Å². The van der Waals surface area contributed by atoms with Gasteiger partial charge in [-0.3, -0.25) is 0 Å². The van der Waals surface area contributed by atoms with Crippen LogP contribution < -0.4 is 0 Å². The molecule has 0 bridgehead atoms. The van der Waals surface area contributed by atoms with E-state index >= 15 is 0 Å². The fourth-order valence-electron chi connectivity index (χ4n) is 8.90. The molecule has 4 fully saturated rings. The van der Waals surface area contributed by atoms with Gasteiger partial charge in [-0.25, -0.2) is 0 Å². The van der Waals surface area contributed by atoms with Gasteiger partial charge in [-0.15, -0.1) is 0 Å². The van der Waals surface area contributed by atoms with Crippen LogP contribution >= 0.6 is 0 Å². The first-order chi connectivity index (χ1) is 13.5. The second-order valence-electron chi connectivity index (χ2n) is 11.0. The highest BCUT2D eigenvalue weighted by molar-refractivity contribution is 5.27. The SMILES string of the molecule is COC1=CC[C@H]2[C@@H]3CC[C@H]4C[C@H](OC)CC[C@]4(C)[C@H]3CC[C@]2(C)[C@]12CCCO2. The molecule has 3 heteroatoms. The summed E-state index contributed by atoms with van der Waals surface area (Å²) in [4.78, 5) is 0. The first kappa shape index (κ1) is 19.4. The fourth-order valence-corrected chi connectivity index (χ4v) is 8.90. The van der Waals surface area contributed by atoms with Crippen LogP contribution in [0.3, 0.4) is 0 Å². The third kappa shape index (κ3) is 2.41. The van der Waals surface area contributed by atoms with Crippen molar-refractivity contribution in [1.29, 1.82) is 0 Å². The Morgan fingerprint density at radius 3 is 2.57 bits per heavy atom. The maximum absolute atomic E-state index is 6.59. The Hall–Kier alpha value is -0.540. The molecule has 158 valence electrons. The first-order valence-corrected chi connectivity index (χ1v) is 11.9. The second kappa shape index (κ2) is 6.74. The lowest BCUT2D eigenvalue weighted by Gasteiger charge is -2.65. The van der Waals surface area contributed by atoms with Gasteiger partial charge in [0.1, 0.15) is 11.4 Å². The van der Waals surface area contributed by atoms with Crippen molar-refractivity contribution in [2.75, 3.05) is 20.8 Å². The smallest absolute Gasteiger partial charge is 0.130 e. The second-order valence-corrected chi connectivity index (χ2v) is 11.0. The Kier molecular flexibility index (Phi) is 4.67. The molecule has 0 N–H and O–H groups in total. The van der Waals surface area contributed by atoms with Crippen molar-refractivity contribution in [2.24, 2.45) is 34.5 Å². The number of rotatable bonds is 2. The third-order valence-corrected chi connectivity index (χ3v) is 10.5. The topological polar surface area (TPSA) is 27.7 Å². The van der Waals surface area contributed by atoms with Gasteiger partial charge in [-0.1, -0.05) is 13.8 Å². The van der Waals surface area contributed by atoms with Crippen molar-refractivity contribution in [1.82, 2.24) is 0 Å². The molecule has 3 saturated carbocycles. The van der Waals surface area contributed by atoms with E-state index < -0.39 is 0 Å². The Balaban J connectivity index is 1.47. The van der Waals surface area contributed by atoms with E-state index in [1.54, 1.807) is 0 Å². The standard InChI is InChI=1S/C25H40O3/c1-23-13-10-18(26-3)16-17(23)6-7-19-20(23)11-14-24(2)21(19)8-9-22(27-4)25(24)12-5-15-28-25/h9,17-21H,5-8,10-16H2,1-4H3/t17-,18+,19+,20-,21-,23-,24-,25-/m0/s1. The van der Waals surface area contributed by atoms with E-state index in [9.17, 15) is 0 Å². The van der Waals surface area contributed by atoms with Crippen LogP contribution in [-0.4, -0.2) is 32.5 Å². The monoisotopic (exact) mass is 388 g/mol. The molecule has 1 spiro atoms. The zero-order chi connectivity index (χ0) is 19.6. The normalized spacial score (nSPS) is 53.1. The van der Waals surface area contributed by atoms with E-state index in [-0.39, 0.29) is 11.0 Å². The van der Waals surface area contributed by atoms with Gasteiger partial charge < -0.3 is 14.2 Å². The van der Waals surface area contributed by atoms with E-state index in [1.165, 1.54) is 57.8 Å². The lowest BCUT2D eigenvalue weighted by atomic mass is 9.41. The van der Waals surface area contributed by atoms with Crippen LogP contribution in [-0.2, 0) is 14.2 Å². The van der Waals surface area contributed by atoms with Crippen molar-refractivity contribution in [3.63, 3.8) is 0 Å². The molecule has 0 aromatic rings. The summed E-state index contributed by atoms with van der Waals surface area (Å²) in [6.07, 6.45) is 15.8. The highest BCUT2D eigenvalue weighted by atomic mass is 16.5. The van der Waals surface area contributed by atoms with Gasteiger partial charge in [0.15, 0.2) is 0 Å². The minimum Gasteiger partial charge on any atom is -0.498 e. The number of allylic oxidation sites excluding steroid dienone is 1. The van der Waals surface area contributed by atoms with Crippen molar-refractivity contribution < 1.29 is 14.2 Å². The summed E-state index contributed by atoms with van der Waals surface area (Å²) in [5.74, 6) is 4.50. The van der Waals surface area contributed by atoms with Crippen LogP contribution in [0.15, 0.2) is 11.8 Å². The number of ether oxygens (including phenoxy) is 3. The maximum Gasteiger partial charge on any atom is 0.130 e. The molecular formula is C25H40O3. The van der Waals surface area contributed by atoms with E-state index in [4.69, 9.17) is 14.2 Å². The van der Waals surface area contributed by atoms with Gasteiger partial charge >= 0.3 is 0 Å². The maximum atomic E-state index is 6.59. The number of fused-ring (bicyclic) bond motifs is 6. The number of hydrogen-bond acceptors (Lipinski definition) is 3. The average molecular weight is 389 g/mol. The number of hydrogen-bond donors (Lipinski definition) is 0. The molecular weight excluding hydrogens is 348 g/mol. The van der Waals surface area contributed by atoms with Gasteiger partial charge in [-0.2, -0.15) is 0 Å². The predicted molar refractivity (Wildman–Crippen MR) is 111 cm³/mol. The van der Waals surface area contributed by atoms with Crippen molar-refractivity contribution >= 4 is 0 Å². The Morgan fingerprint density at radius 2 is 1.86 bits per heavy atom. The van der Waals surface area contributed by atoms with Gasteiger partial charge in [-0.05, 0) is 99.4 Å². The zero-order valence-electron chi connectivity index (χ0n) is 18.5. The van der Waals surface area contributed by atoms with E-state index in [2.05, 4.69) is 19.9 Å². The summed E-state index contributed by atoms with van der Waals surface area (Å²) < 4.78 is 18.3. The molecule has 0 amide bonds. The van der Waals surface area contributed by atoms with Gasteiger partial charge in [0, 0.05) is 19.1 Å². The molecule has 28 heavy (non-hydrogen) atoms. The summed E-state index contributed by atoms with van der Waals surface area (Å²) in [5, 5.41) is 0. The molecule has 5 aliphatic rings. The highest BCUT2D eigenvalue weighted by Crippen LogP contribution is 2.68. The molecule has 0 aromatic heterocycles. The minimum absolute atomic E-state index is 0.152. The van der Waals surface area contributed by atoms with Crippen LogP contribution in [0.1, 0.15) is 78.1 Å². The summed E-state index contributed by atoms with van der Waals surface area (Å²) in [6, 6.07) is 0. The zero-order valence-corrected chi connectivity index (χ0v) is 18.5. The lowest BCUT2D eigenvalue weighted by molar-refractivity contribution is -0.195. The highest BCUT2D eigenvalue weighted by Gasteiger charge is 2.65. The summed E-state index contributed by atoms with van der Waals surface area (Å²) in [6.45, 7) is 6.10. The molecule has 0 radical (unpaired) electrons. The third-order valence-electron chi connectivity index (χ3n) is 10.5. The lowest BCUT2D eigenvalue weighted by Crippen LogP contribution is -2.62. The minimum atomic E-state index is -0.152. The van der Waals surface area contributed by atoms with Gasteiger partial charge in [0.05, 0.1) is 13.2 Å². The molecule has 0 aromatic carbocycles. The molecule has 1 aliphatic heterocycles. The molecule has 1 heterocycles. The summed E-state index contributed by atoms with van der Waals surface area (Å²) in [7, 11) is 3.76. The predicted octanol–water partition coefficient (Wildman–Crippen LogP) is 5.73. The molecule has 1 saturated heterocycles. The van der Waals surface area contributed by atoms with Crippen LogP contribution in [0.2, 0.25) is 0 Å². The molecule has 4 aliphatic carbocycles. The van der Waals surface area contributed by atoms with E-state index in [0.717, 1.165) is 42.5 Å². The Labute approximate surface area is 171 Å². The first-order valence-electron chi connectivity index (χ1n) is 11.9. The summed E-state index contributed by atoms with van der Waals surface area (Å²) in [5.41, 5.74) is 0.604. The van der Waals surface area contributed by atoms with Crippen molar-refractivity contribution in [3.05, 3.63) is 11.8 Å². The van der Waals surface area contributed by atoms with Crippen LogP contribution in [0.4, 0.5) is 0 Å². The van der Waals surface area contributed by atoms with E-state index in [0.29, 0.717) is 11.5 Å². The molecule has 5 rings (SSSR count). The van der Waals surface area contributed by atoms with Crippen molar-refractivity contribution in [3.8, 4) is 0 Å². The molecule has 8 atom stereocenters. The molecule has 3 nitrogen and oxygen atoms in total. The Morgan fingerprint density at radius 1 is 1.00 bits per heavy atom. The fraction of sp³-hybridized carbons (Fsp3) is 0.920. The van der Waals surface area contributed by atoms with E-state index in [1.807, 2.05) is 14.2 Å². The van der Waals surface area contributed by atoms with Crippen molar-refractivity contribution in [2.45, 2.75) is 89.8 Å². The largest absolute Gasteiger partial charge is 0.498 e. The summed E-state index contributed by atoms with van der Waals surface area (Å²) >= 11 is 0. The van der Waals surface area contributed by atoms with Crippen LogP contribution in [0, 0.1) is 34.5 Å². The molecule has 0 unspecified atom stereocenters. The van der Waals surface area contributed by atoms with Crippen LogP contribution in [0.25, 0.3) is 0 Å². The van der Waals surface area contributed by atoms with Gasteiger partial charge in [0.25, 0.3) is 0 Å².